The molecule has 0 saturated carbocycles. The number of para-hydroxylation sites is 2. The summed E-state index contributed by atoms with van der Waals surface area (Å²) >= 11 is 0. The molecule has 9 rings (SSSR count). The predicted molar refractivity (Wildman–Crippen MR) is 157 cm³/mol. The fraction of sp³-hybridized carbons (Fsp3) is 0.0909. The first-order valence-corrected chi connectivity index (χ1v) is 13.5. The van der Waals surface area contributed by atoms with Gasteiger partial charge in [0.25, 0.3) is 6.71 Å². The lowest BCUT2D eigenvalue weighted by Crippen LogP contribution is -2.61. The van der Waals surface area contributed by atoms with E-state index in [1.165, 1.54) is 16.4 Å². The fourth-order valence-corrected chi connectivity index (χ4v) is 6.71. The van der Waals surface area contributed by atoms with E-state index in [0.717, 1.165) is 62.7 Å². The largest absolute Gasteiger partial charge is 0.454 e. The van der Waals surface area contributed by atoms with Gasteiger partial charge in [0.15, 0.2) is 23.0 Å². The van der Waals surface area contributed by atoms with E-state index < -0.39 is 0 Å². The fourth-order valence-electron chi connectivity index (χ4n) is 6.71. The normalized spacial score (nSPS) is 15.1. The molecule has 0 fully saturated rings. The molecule has 7 heteroatoms. The second kappa shape index (κ2) is 7.99. The summed E-state index contributed by atoms with van der Waals surface area (Å²) in [6.07, 6.45) is 0. The van der Waals surface area contributed by atoms with Crippen LogP contribution in [0.3, 0.4) is 0 Å². The van der Waals surface area contributed by atoms with Crippen molar-refractivity contribution in [2.75, 3.05) is 23.4 Å². The van der Waals surface area contributed by atoms with Crippen LogP contribution in [-0.2, 0) is 0 Å². The average molecular weight is 522 g/mol. The van der Waals surface area contributed by atoms with E-state index in [9.17, 15) is 0 Å². The van der Waals surface area contributed by atoms with Crippen molar-refractivity contribution >= 4 is 57.2 Å². The van der Waals surface area contributed by atoms with Gasteiger partial charge >= 0.3 is 0 Å². The molecule has 4 heterocycles. The van der Waals surface area contributed by atoms with Crippen molar-refractivity contribution in [3.8, 4) is 23.0 Å². The van der Waals surface area contributed by atoms with Crippen molar-refractivity contribution in [3.05, 3.63) is 103 Å². The lowest BCUT2D eigenvalue weighted by molar-refractivity contribution is 0.174. The summed E-state index contributed by atoms with van der Waals surface area (Å²) in [5, 5.41) is 0. The summed E-state index contributed by atoms with van der Waals surface area (Å²) in [7, 11) is 0. The van der Waals surface area contributed by atoms with E-state index in [1.54, 1.807) is 0 Å². The van der Waals surface area contributed by atoms with Crippen LogP contribution in [0.15, 0.2) is 97.1 Å². The monoisotopic (exact) mass is 522 g/mol. The third-order valence-electron chi connectivity index (χ3n) is 8.24. The molecule has 0 spiro atoms. The van der Waals surface area contributed by atoms with E-state index in [4.69, 9.17) is 18.9 Å². The standard InChI is InChI=1S/C33H23BN2O4/c1-20-16-25-29-26(17-20)36(22-10-6-3-7-11-22)31-24(13-15-28-33(31)40-19-38-28)34(29)23-12-14-27-32(39-18-37-27)30(23)35(25)21-8-4-2-5-9-21/h2-17H,18-19H2,1H3. The van der Waals surface area contributed by atoms with Crippen LogP contribution in [0.5, 0.6) is 23.0 Å². The molecule has 0 aliphatic carbocycles. The second-order valence-corrected chi connectivity index (χ2v) is 10.5. The van der Waals surface area contributed by atoms with Crippen LogP contribution in [0, 0.1) is 6.92 Å². The first-order valence-electron chi connectivity index (χ1n) is 13.5. The molecular weight excluding hydrogens is 499 g/mol. The molecule has 4 aliphatic rings. The number of nitrogens with zero attached hydrogens (tertiary/aromatic N) is 2. The highest BCUT2D eigenvalue weighted by atomic mass is 16.7. The van der Waals surface area contributed by atoms with Crippen molar-refractivity contribution in [1.29, 1.82) is 0 Å². The minimum Gasteiger partial charge on any atom is -0.454 e. The number of hydrogen-bond donors (Lipinski definition) is 0. The van der Waals surface area contributed by atoms with Gasteiger partial charge in [-0.15, -0.1) is 0 Å². The molecular formula is C33H23BN2O4. The summed E-state index contributed by atoms with van der Waals surface area (Å²) in [6, 6.07) is 34.1. The molecule has 5 aromatic rings. The average Bonchev–Trinajstić information content (AvgIpc) is 3.68. The van der Waals surface area contributed by atoms with Crippen LogP contribution in [0.4, 0.5) is 34.1 Å². The highest BCUT2D eigenvalue weighted by Crippen LogP contribution is 2.52. The highest BCUT2D eigenvalue weighted by molar-refractivity contribution is 7.00. The van der Waals surface area contributed by atoms with Gasteiger partial charge in [0.05, 0.1) is 11.4 Å². The first kappa shape index (κ1) is 21.9. The summed E-state index contributed by atoms with van der Waals surface area (Å²) < 4.78 is 24.1. The zero-order chi connectivity index (χ0) is 26.4. The quantitative estimate of drug-likeness (QED) is 0.278. The highest BCUT2D eigenvalue weighted by Gasteiger charge is 2.47. The minimum atomic E-state index is -0.0421. The number of aryl methyl sites for hydroxylation is 1. The van der Waals surface area contributed by atoms with E-state index in [1.807, 2.05) is 24.3 Å². The van der Waals surface area contributed by atoms with Crippen molar-refractivity contribution in [2.24, 2.45) is 0 Å². The van der Waals surface area contributed by atoms with Crippen LogP contribution in [0.2, 0.25) is 0 Å². The van der Waals surface area contributed by atoms with Gasteiger partial charge in [-0.25, -0.2) is 0 Å². The van der Waals surface area contributed by atoms with Gasteiger partial charge in [-0.2, -0.15) is 0 Å². The Morgan fingerprint density at radius 1 is 0.575 bits per heavy atom. The third kappa shape index (κ3) is 2.84. The van der Waals surface area contributed by atoms with Gasteiger partial charge < -0.3 is 28.7 Å². The summed E-state index contributed by atoms with van der Waals surface area (Å²) in [4.78, 5) is 4.68. The summed E-state index contributed by atoms with van der Waals surface area (Å²) in [6.45, 7) is 2.54. The SMILES string of the molecule is Cc1cc2c3c(c1)N(c1ccccc1)c1c(ccc4c1OCO4)B3c1ccc3c(c1N2c1ccccc1)OCO3. The molecule has 5 aromatic carbocycles. The van der Waals surface area contributed by atoms with Crippen molar-refractivity contribution < 1.29 is 18.9 Å². The molecule has 40 heavy (non-hydrogen) atoms. The number of ether oxygens (including phenoxy) is 4. The molecule has 0 atom stereocenters. The first-order chi connectivity index (χ1) is 19.8. The van der Waals surface area contributed by atoms with Crippen molar-refractivity contribution in [1.82, 2.24) is 0 Å². The molecule has 0 unspecified atom stereocenters. The van der Waals surface area contributed by atoms with Crippen LogP contribution in [0.25, 0.3) is 0 Å². The van der Waals surface area contributed by atoms with Crippen LogP contribution in [-0.4, -0.2) is 20.3 Å². The topological polar surface area (TPSA) is 43.4 Å². The van der Waals surface area contributed by atoms with Gasteiger partial charge in [-0.1, -0.05) is 48.5 Å². The Kier molecular flexibility index (Phi) is 4.36. The summed E-state index contributed by atoms with van der Waals surface area (Å²) in [5.74, 6) is 3.10. The molecule has 192 valence electrons. The zero-order valence-electron chi connectivity index (χ0n) is 21.8. The zero-order valence-corrected chi connectivity index (χ0v) is 21.8. The Bertz CT molecular complexity index is 1710. The molecule has 0 N–H and O–H groups in total. The summed E-state index contributed by atoms with van der Waals surface area (Å²) in [5.41, 5.74) is 11.2. The van der Waals surface area contributed by atoms with E-state index in [2.05, 4.69) is 89.5 Å². The van der Waals surface area contributed by atoms with Gasteiger partial charge in [-0.05, 0) is 77.4 Å². The lowest BCUT2D eigenvalue weighted by Gasteiger charge is -2.44. The Hall–Kier alpha value is -5.04. The van der Waals surface area contributed by atoms with E-state index in [-0.39, 0.29) is 20.3 Å². The lowest BCUT2D eigenvalue weighted by atomic mass is 9.33. The smallest absolute Gasteiger partial charge is 0.252 e. The van der Waals surface area contributed by atoms with Gasteiger partial charge in [0.1, 0.15) is 0 Å². The molecule has 0 saturated heterocycles. The number of anilines is 6. The van der Waals surface area contributed by atoms with Crippen LogP contribution in [0.1, 0.15) is 5.56 Å². The third-order valence-corrected chi connectivity index (χ3v) is 8.24. The van der Waals surface area contributed by atoms with E-state index >= 15 is 0 Å². The molecule has 0 amide bonds. The number of rotatable bonds is 2. The second-order valence-electron chi connectivity index (χ2n) is 10.5. The molecule has 0 aromatic heterocycles. The Labute approximate surface area is 232 Å². The van der Waals surface area contributed by atoms with Gasteiger partial charge in [-0.3, -0.25) is 0 Å². The Balaban J connectivity index is 1.43. The number of benzene rings is 5. The maximum atomic E-state index is 6.17. The molecule has 6 nitrogen and oxygen atoms in total. The Morgan fingerprint density at radius 3 is 1.52 bits per heavy atom. The van der Waals surface area contributed by atoms with Gasteiger partial charge in [0.2, 0.25) is 13.6 Å². The maximum Gasteiger partial charge on any atom is 0.252 e. The molecule has 4 aliphatic heterocycles. The van der Waals surface area contributed by atoms with E-state index in [0.29, 0.717) is 0 Å². The predicted octanol–water partition coefficient (Wildman–Crippen LogP) is 5.54. The van der Waals surface area contributed by atoms with Crippen molar-refractivity contribution in [3.63, 3.8) is 0 Å². The van der Waals surface area contributed by atoms with Crippen LogP contribution >= 0.6 is 0 Å². The number of fused-ring (bicyclic) bond motifs is 8. The molecule has 0 radical (unpaired) electrons. The minimum absolute atomic E-state index is 0.0421. The number of hydrogen-bond acceptors (Lipinski definition) is 6. The van der Waals surface area contributed by atoms with Crippen molar-refractivity contribution in [2.45, 2.75) is 6.92 Å². The molecule has 0 bridgehead atoms. The maximum absolute atomic E-state index is 6.17. The van der Waals surface area contributed by atoms with Crippen LogP contribution < -0.4 is 45.1 Å². The Morgan fingerprint density at radius 2 is 1.05 bits per heavy atom. The van der Waals surface area contributed by atoms with Gasteiger partial charge in [0, 0.05) is 22.7 Å².